The first-order chi connectivity index (χ1) is 6.43. The maximum atomic E-state index is 5.52. The lowest BCUT2D eigenvalue weighted by molar-refractivity contribution is 0.348. The van der Waals surface area contributed by atoms with Gasteiger partial charge in [0.1, 0.15) is 0 Å². The first-order valence-electron chi connectivity index (χ1n) is 4.96. The van der Waals surface area contributed by atoms with Gasteiger partial charge in [0.05, 0.1) is 0 Å². The average molecular weight is 197 g/mol. The number of aromatic nitrogens is 2. The van der Waals surface area contributed by atoms with Gasteiger partial charge in [-0.25, -0.2) is 0 Å². The Bertz CT molecular complexity index is 288. The molecule has 0 aliphatic carbocycles. The highest BCUT2D eigenvalue weighted by atomic mass is 16.5. The SMILES string of the molecule is CC(CN)Cc1nc(C(C)(C)C)no1. The predicted octanol–water partition coefficient (Wildman–Crippen LogP) is 1.50. The lowest BCUT2D eigenvalue weighted by Crippen LogP contribution is -2.15. The van der Waals surface area contributed by atoms with Gasteiger partial charge in [0.15, 0.2) is 5.82 Å². The molecule has 0 aliphatic rings. The topological polar surface area (TPSA) is 64.9 Å². The molecule has 1 atom stereocenters. The summed E-state index contributed by atoms with van der Waals surface area (Å²) in [6, 6.07) is 0. The van der Waals surface area contributed by atoms with E-state index in [0.29, 0.717) is 18.4 Å². The van der Waals surface area contributed by atoms with Gasteiger partial charge in [-0.3, -0.25) is 0 Å². The predicted molar refractivity (Wildman–Crippen MR) is 54.9 cm³/mol. The van der Waals surface area contributed by atoms with Gasteiger partial charge in [-0.15, -0.1) is 0 Å². The molecule has 1 heterocycles. The Morgan fingerprint density at radius 1 is 1.43 bits per heavy atom. The molecule has 1 aromatic heterocycles. The second-order valence-electron chi connectivity index (χ2n) is 4.81. The third-order valence-corrected chi connectivity index (χ3v) is 2.06. The van der Waals surface area contributed by atoms with Crippen LogP contribution in [-0.4, -0.2) is 16.7 Å². The summed E-state index contributed by atoms with van der Waals surface area (Å²) in [5, 5.41) is 3.95. The monoisotopic (exact) mass is 197 g/mol. The zero-order valence-corrected chi connectivity index (χ0v) is 9.37. The molecule has 0 saturated carbocycles. The molecule has 0 saturated heterocycles. The summed E-state index contributed by atoms with van der Waals surface area (Å²) in [5.41, 5.74) is 5.47. The van der Waals surface area contributed by atoms with Crippen molar-refractivity contribution in [3.63, 3.8) is 0 Å². The van der Waals surface area contributed by atoms with Gasteiger partial charge >= 0.3 is 0 Å². The average Bonchev–Trinajstić information content (AvgIpc) is 2.51. The molecule has 0 amide bonds. The van der Waals surface area contributed by atoms with E-state index in [1.54, 1.807) is 0 Å². The molecule has 0 bridgehead atoms. The highest BCUT2D eigenvalue weighted by molar-refractivity contribution is 5.00. The van der Waals surface area contributed by atoms with E-state index in [2.05, 4.69) is 37.8 Å². The normalized spacial score (nSPS) is 14.4. The summed E-state index contributed by atoms with van der Waals surface area (Å²) in [6.45, 7) is 8.91. The second-order valence-corrected chi connectivity index (χ2v) is 4.81. The first kappa shape index (κ1) is 11.2. The third kappa shape index (κ3) is 2.80. The van der Waals surface area contributed by atoms with Crippen LogP contribution in [0.2, 0.25) is 0 Å². The highest BCUT2D eigenvalue weighted by Crippen LogP contribution is 2.19. The van der Waals surface area contributed by atoms with Crippen LogP contribution < -0.4 is 5.73 Å². The maximum Gasteiger partial charge on any atom is 0.226 e. The van der Waals surface area contributed by atoms with Crippen molar-refractivity contribution in [2.24, 2.45) is 11.7 Å². The molecule has 0 aromatic carbocycles. The van der Waals surface area contributed by atoms with E-state index in [-0.39, 0.29) is 5.41 Å². The molecular formula is C10H19N3O. The molecule has 0 aliphatic heterocycles. The van der Waals surface area contributed by atoms with Crippen LogP contribution in [0.4, 0.5) is 0 Å². The number of hydrogen-bond donors (Lipinski definition) is 1. The second kappa shape index (κ2) is 4.09. The summed E-state index contributed by atoms with van der Waals surface area (Å²) in [5.74, 6) is 1.84. The van der Waals surface area contributed by atoms with Crippen LogP contribution in [-0.2, 0) is 11.8 Å². The van der Waals surface area contributed by atoms with Gasteiger partial charge in [0.2, 0.25) is 5.89 Å². The minimum Gasteiger partial charge on any atom is -0.339 e. The van der Waals surface area contributed by atoms with E-state index in [1.807, 2.05) is 0 Å². The van der Waals surface area contributed by atoms with Crippen LogP contribution in [0.25, 0.3) is 0 Å². The van der Waals surface area contributed by atoms with Gasteiger partial charge in [-0.1, -0.05) is 32.9 Å². The molecule has 2 N–H and O–H groups in total. The number of rotatable bonds is 3. The summed E-state index contributed by atoms with van der Waals surface area (Å²) in [7, 11) is 0. The van der Waals surface area contributed by atoms with E-state index < -0.39 is 0 Å². The highest BCUT2D eigenvalue weighted by Gasteiger charge is 2.21. The molecular weight excluding hydrogens is 178 g/mol. The fourth-order valence-corrected chi connectivity index (χ4v) is 1.02. The van der Waals surface area contributed by atoms with E-state index >= 15 is 0 Å². The maximum absolute atomic E-state index is 5.52. The Balaban J connectivity index is 2.69. The van der Waals surface area contributed by atoms with Gasteiger partial charge in [-0.2, -0.15) is 4.98 Å². The summed E-state index contributed by atoms with van der Waals surface area (Å²) in [6.07, 6.45) is 0.763. The lowest BCUT2D eigenvalue weighted by Gasteiger charge is -2.11. The summed E-state index contributed by atoms with van der Waals surface area (Å²) in [4.78, 5) is 4.34. The summed E-state index contributed by atoms with van der Waals surface area (Å²) >= 11 is 0. The number of nitrogens with zero attached hydrogens (tertiary/aromatic N) is 2. The minimum absolute atomic E-state index is 0.0479. The van der Waals surface area contributed by atoms with E-state index in [4.69, 9.17) is 10.3 Å². The fraction of sp³-hybridized carbons (Fsp3) is 0.800. The molecule has 80 valence electrons. The van der Waals surface area contributed by atoms with Crippen LogP contribution in [0.1, 0.15) is 39.4 Å². The van der Waals surface area contributed by atoms with Crippen LogP contribution in [0, 0.1) is 5.92 Å². The zero-order valence-electron chi connectivity index (χ0n) is 9.37. The zero-order chi connectivity index (χ0) is 10.8. The molecule has 14 heavy (non-hydrogen) atoms. The smallest absolute Gasteiger partial charge is 0.226 e. The van der Waals surface area contributed by atoms with E-state index in [0.717, 1.165) is 12.2 Å². The molecule has 1 aromatic rings. The van der Waals surface area contributed by atoms with E-state index in [9.17, 15) is 0 Å². The molecule has 4 heteroatoms. The van der Waals surface area contributed by atoms with Crippen LogP contribution in [0.3, 0.4) is 0 Å². The van der Waals surface area contributed by atoms with E-state index in [1.165, 1.54) is 0 Å². The Labute approximate surface area is 84.9 Å². The molecule has 4 nitrogen and oxygen atoms in total. The Hall–Kier alpha value is -0.900. The van der Waals surface area contributed by atoms with Gasteiger partial charge in [0, 0.05) is 11.8 Å². The van der Waals surface area contributed by atoms with Gasteiger partial charge in [-0.05, 0) is 12.5 Å². The first-order valence-corrected chi connectivity index (χ1v) is 4.96. The van der Waals surface area contributed by atoms with Crippen molar-refractivity contribution in [3.8, 4) is 0 Å². The molecule has 0 fully saturated rings. The van der Waals surface area contributed by atoms with Crippen molar-refractivity contribution >= 4 is 0 Å². The number of hydrogen-bond acceptors (Lipinski definition) is 4. The van der Waals surface area contributed by atoms with Crippen molar-refractivity contribution < 1.29 is 4.52 Å². The quantitative estimate of drug-likeness (QED) is 0.797. The number of nitrogens with two attached hydrogens (primary N) is 1. The largest absolute Gasteiger partial charge is 0.339 e. The van der Waals surface area contributed by atoms with Crippen molar-refractivity contribution in [1.82, 2.24) is 10.1 Å². The summed E-state index contributed by atoms with van der Waals surface area (Å²) < 4.78 is 5.15. The van der Waals surface area contributed by atoms with Crippen LogP contribution in [0.5, 0.6) is 0 Å². The molecule has 1 unspecified atom stereocenters. The Morgan fingerprint density at radius 2 is 2.07 bits per heavy atom. The van der Waals surface area contributed by atoms with Crippen molar-refractivity contribution in [3.05, 3.63) is 11.7 Å². The lowest BCUT2D eigenvalue weighted by atomic mass is 9.96. The minimum atomic E-state index is -0.0479. The molecule has 0 spiro atoms. The molecule has 0 radical (unpaired) electrons. The Morgan fingerprint density at radius 3 is 2.50 bits per heavy atom. The third-order valence-electron chi connectivity index (χ3n) is 2.06. The van der Waals surface area contributed by atoms with Crippen LogP contribution in [0.15, 0.2) is 4.52 Å². The van der Waals surface area contributed by atoms with Crippen molar-refractivity contribution in [2.45, 2.75) is 39.5 Å². The van der Waals surface area contributed by atoms with Gasteiger partial charge in [0.25, 0.3) is 0 Å². The van der Waals surface area contributed by atoms with Crippen molar-refractivity contribution in [1.29, 1.82) is 0 Å². The standard InChI is InChI=1S/C10H19N3O/c1-7(6-11)5-8-12-9(13-14-8)10(2,3)4/h7H,5-6,11H2,1-4H3. The van der Waals surface area contributed by atoms with Crippen LogP contribution >= 0.6 is 0 Å². The Kier molecular flexibility index (Phi) is 3.26. The van der Waals surface area contributed by atoms with Crippen molar-refractivity contribution in [2.75, 3.05) is 6.54 Å². The van der Waals surface area contributed by atoms with Gasteiger partial charge < -0.3 is 10.3 Å². The molecule has 1 rings (SSSR count). The fourth-order valence-electron chi connectivity index (χ4n) is 1.02.